The summed E-state index contributed by atoms with van der Waals surface area (Å²) in [6.07, 6.45) is 54.9. The van der Waals surface area contributed by atoms with Gasteiger partial charge in [-0.05, 0) is 83.5 Å². The molecule has 0 spiro atoms. The predicted molar refractivity (Wildman–Crippen MR) is 246 cm³/mol. The van der Waals surface area contributed by atoms with Crippen molar-refractivity contribution < 1.29 is 32.9 Å². The zero-order valence-corrected chi connectivity index (χ0v) is 38.6. The largest absolute Gasteiger partial charge is 0.756 e. The van der Waals surface area contributed by atoms with Crippen LogP contribution in [0.15, 0.2) is 85.1 Å². The SMILES string of the molecule is CC/C=C\C/C=C\C/C=C\C/C=C\CCCCCCCCCCCCC(=O)NC(COP(=O)([O-])OCC[N+](C)(C)C)C(O)/C=C/CC/C=C/CC/C=C/CCCCC. The zero-order chi connectivity index (χ0) is 42.8. The van der Waals surface area contributed by atoms with Crippen LogP contribution in [0.25, 0.3) is 0 Å². The molecular weight excluding hydrogens is 744 g/mol. The van der Waals surface area contributed by atoms with Crippen LogP contribution in [-0.2, 0) is 18.4 Å². The van der Waals surface area contributed by atoms with Crippen molar-refractivity contribution in [1.82, 2.24) is 5.32 Å². The molecule has 0 aromatic rings. The van der Waals surface area contributed by atoms with Gasteiger partial charge in [0.15, 0.2) is 0 Å². The monoisotopic (exact) mass is 831 g/mol. The Morgan fingerprint density at radius 1 is 0.621 bits per heavy atom. The Morgan fingerprint density at radius 3 is 1.60 bits per heavy atom. The molecule has 1 amide bonds. The summed E-state index contributed by atoms with van der Waals surface area (Å²) >= 11 is 0. The highest BCUT2D eigenvalue weighted by Crippen LogP contribution is 2.38. The molecule has 2 N–H and O–H groups in total. The summed E-state index contributed by atoms with van der Waals surface area (Å²) in [5.41, 5.74) is 0. The van der Waals surface area contributed by atoms with E-state index in [4.69, 9.17) is 9.05 Å². The Labute approximate surface area is 356 Å². The molecule has 0 aromatic heterocycles. The van der Waals surface area contributed by atoms with Gasteiger partial charge in [0.05, 0.1) is 39.9 Å². The average molecular weight is 831 g/mol. The standard InChI is InChI=1S/C49H87N2O6P/c1-6-8-10-12-14-16-18-20-21-22-23-24-25-26-27-28-29-31-33-35-37-39-41-43-49(53)50-47(46-57-58(54,55)56-45-44-51(3,4)5)48(52)42-40-38-36-34-32-30-19-17-15-13-11-9-7-2/h8,10,14-17,20-21,23-24,32,34,40,42,47-48,52H,6-7,9,11-13,18-19,22,25-31,33,35-39,41,43-46H2,1-5H3,(H-,50,53,54,55)/b10-8-,16-14-,17-15+,21-20-,24-23-,34-32+,42-40+. The first-order valence-electron chi connectivity index (χ1n) is 22.9. The second-order valence-corrected chi connectivity index (χ2v) is 17.8. The topological polar surface area (TPSA) is 108 Å². The van der Waals surface area contributed by atoms with Gasteiger partial charge in [-0.1, -0.05) is 163 Å². The molecule has 8 nitrogen and oxygen atoms in total. The molecule has 0 radical (unpaired) electrons. The Balaban J connectivity index is 4.38. The van der Waals surface area contributed by atoms with Crippen LogP contribution in [0.2, 0.25) is 0 Å². The molecule has 0 aliphatic heterocycles. The minimum atomic E-state index is -4.60. The van der Waals surface area contributed by atoms with E-state index in [2.05, 4.69) is 92.1 Å². The summed E-state index contributed by atoms with van der Waals surface area (Å²) in [6.45, 7) is 4.44. The minimum absolute atomic E-state index is 0.0141. The minimum Gasteiger partial charge on any atom is -0.756 e. The number of carbonyl (C=O) groups is 1. The van der Waals surface area contributed by atoms with Crippen molar-refractivity contribution in [2.75, 3.05) is 40.9 Å². The van der Waals surface area contributed by atoms with Gasteiger partial charge >= 0.3 is 0 Å². The number of rotatable bonds is 40. The molecule has 0 saturated heterocycles. The van der Waals surface area contributed by atoms with Crippen molar-refractivity contribution in [1.29, 1.82) is 0 Å². The van der Waals surface area contributed by atoms with Gasteiger partial charge in [0.1, 0.15) is 13.2 Å². The maximum atomic E-state index is 12.9. The Kier molecular flexibility index (Phi) is 38.5. The first-order valence-corrected chi connectivity index (χ1v) is 24.4. The number of likely N-dealkylation sites (N-methyl/N-ethyl adjacent to an activating group) is 1. The molecule has 3 atom stereocenters. The number of nitrogens with one attached hydrogen (secondary N) is 1. The Hall–Kier alpha value is -2.32. The Bertz CT molecular complexity index is 1220. The lowest BCUT2D eigenvalue weighted by Crippen LogP contribution is -2.45. The highest BCUT2D eigenvalue weighted by atomic mass is 31.2. The van der Waals surface area contributed by atoms with Gasteiger partial charge in [-0.2, -0.15) is 0 Å². The number of amides is 1. The summed E-state index contributed by atoms with van der Waals surface area (Å²) in [5.74, 6) is -0.222. The lowest BCUT2D eigenvalue weighted by Gasteiger charge is -2.29. The van der Waals surface area contributed by atoms with E-state index in [0.29, 0.717) is 17.4 Å². The summed E-state index contributed by atoms with van der Waals surface area (Å²) in [7, 11) is 1.22. The predicted octanol–water partition coefficient (Wildman–Crippen LogP) is 12.3. The van der Waals surface area contributed by atoms with Crippen LogP contribution in [0.3, 0.4) is 0 Å². The van der Waals surface area contributed by atoms with E-state index in [-0.39, 0.29) is 12.5 Å². The number of hydrogen-bond acceptors (Lipinski definition) is 6. The highest BCUT2D eigenvalue weighted by Gasteiger charge is 2.23. The van der Waals surface area contributed by atoms with E-state index in [0.717, 1.165) is 83.5 Å². The molecule has 0 bridgehead atoms. The second-order valence-electron chi connectivity index (χ2n) is 16.4. The molecule has 0 saturated carbocycles. The Morgan fingerprint density at radius 2 is 1.07 bits per heavy atom. The number of aliphatic hydroxyl groups excluding tert-OH is 1. The maximum Gasteiger partial charge on any atom is 0.268 e. The van der Waals surface area contributed by atoms with Crippen molar-refractivity contribution in [2.45, 2.75) is 180 Å². The number of quaternary nitrogens is 1. The van der Waals surface area contributed by atoms with Crippen LogP contribution in [0.5, 0.6) is 0 Å². The van der Waals surface area contributed by atoms with Crippen molar-refractivity contribution >= 4 is 13.7 Å². The van der Waals surface area contributed by atoms with Crippen molar-refractivity contribution in [2.24, 2.45) is 0 Å². The number of phosphoric ester groups is 1. The van der Waals surface area contributed by atoms with Gasteiger partial charge in [0.25, 0.3) is 7.82 Å². The number of carbonyl (C=O) groups excluding carboxylic acids is 1. The van der Waals surface area contributed by atoms with Crippen LogP contribution < -0.4 is 10.2 Å². The first kappa shape index (κ1) is 55.7. The van der Waals surface area contributed by atoms with Crippen LogP contribution >= 0.6 is 7.82 Å². The van der Waals surface area contributed by atoms with Gasteiger partial charge in [-0.15, -0.1) is 0 Å². The van der Waals surface area contributed by atoms with Gasteiger partial charge in [-0.3, -0.25) is 9.36 Å². The molecule has 58 heavy (non-hydrogen) atoms. The molecule has 0 aliphatic rings. The molecule has 0 rings (SSSR count). The summed E-state index contributed by atoms with van der Waals surface area (Å²) < 4.78 is 23.2. The van der Waals surface area contributed by atoms with Crippen LogP contribution in [-0.4, -0.2) is 68.5 Å². The van der Waals surface area contributed by atoms with Crippen molar-refractivity contribution in [3.8, 4) is 0 Å². The summed E-state index contributed by atoms with van der Waals surface area (Å²) in [5, 5.41) is 13.7. The number of unbranched alkanes of at least 4 members (excludes halogenated alkanes) is 15. The number of aliphatic hydroxyl groups is 1. The second kappa shape index (κ2) is 40.1. The zero-order valence-electron chi connectivity index (χ0n) is 37.7. The molecule has 3 unspecified atom stereocenters. The third kappa shape index (κ3) is 41.8. The molecule has 0 fully saturated rings. The molecule has 0 heterocycles. The van der Waals surface area contributed by atoms with Gasteiger partial charge < -0.3 is 28.8 Å². The lowest BCUT2D eigenvalue weighted by molar-refractivity contribution is -0.870. The summed E-state index contributed by atoms with van der Waals surface area (Å²) in [4.78, 5) is 25.3. The van der Waals surface area contributed by atoms with Crippen molar-refractivity contribution in [3.63, 3.8) is 0 Å². The molecule has 0 aromatic carbocycles. The van der Waals surface area contributed by atoms with E-state index in [9.17, 15) is 19.4 Å². The summed E-state index contributed by atoms with van der Waals surface area (Å²) in [6, 6.07) is -0.915. The van der Waals surface area contributed by atoms with Crippen molar-refractivity contribution in [3.05, 3.63) is 85.1 Å². The molecule has 9 heteroatoms. The number of phosphoric acid groups is 1. The fourth-order valence-electron chi connectivity index (χ4n) is 5.94. The fraction of sp³-hybridized carbons (Fsp3) is 0.694. The van der Waals surface area contributed by atoms with Gasteiger partial charge in [-0.25, -0.2) is 0 Å². The van der Waals surface area contributed by atoms with E-state index >= 15 is 0 Å². The van der Waals surface area contributed by atoms with E-state index in [1.54, 1.807) is 6.08 Å². The lowest BCUT2D eigenvalue weighted by atomic mass is 10.0. The normalized spacial score (nSPS) is 15.1. The van der Waals surface area contributed by atoms with Gasteiger partial charge in [0.2, 0.25) is 5.91 Å². The smallest absolute Gasteiger partial charge is 0.268 e. The number of hydrogen-bond donors (Lipinski definition) is 2. The van der Waals surface area contributed by atoms with Crippen LogP contribution in [0.4, 0.5) is 0 Å². The van der Waals surface area contributed by atoms with Crippen LogP contribution in [0.1, 0.15) is 168 Å². The number of nitrogens with zero attached hydrogens (tertiary/aromatic N) is 1. The van der Waals surface area contributed by atoms with E-state index in [1.807, 2.05) is 27.2 Å². The van der Waals surface area contributed by atoms with Gasteiger partial charge in [0, 0.05) is 6.42 Å². The molecular formula is C49H87N2O6P. The molecule has 0 aliphatic carbocycles. The van der Waals surface area contributed by atoms with E-state index < -0.39 is 26.6 Å². The molecule has 334 valence electrons. The van der Waals surface area contributed by atoms with E-state index in [1.165, 1.54) is 64.2 Å². The maximum absolute atomic E-state index is 12.9. The third-order valence-corrected chi connectivity index (χ3v) is 10.5. The quantitative estimate of drug-likeness (QED) is 0.0276. The number of allylic oxidation sites excluding steroid dienone is 13. The third-order valence-electron chi connectivity index (χ3n) is 9.57. The highest BCUT2D eigenvalue weighted by molar-refractivity contribution is 7.45. The van der Waals surface area contributed by atoms with Crippen LogP contribution in [0, 0.1) is 0 Å². The first-order chi connectivity index (χ1) is 28.0. The fourth-order valence-corrected chi connectivity index (χ4v) is 6.66. The average Bonchev–Trinajstić information content (AvgIpc) is 3.17.